The number of carbonyl (C=O) groups is 1. The molecule has 24 heavy (non-hydrogen) atoms. The summed E-state index contributed by atoms with van der Waals surface area (Å²) >= 11 is 5.38. The smallest absolute Gasteiger partial charge is 0.257 e. The Bertz CT molecular complexity index is 684. The molecule has 2 rings (SSSR count). The van der Waals surface area contributed by atoms with E-state index in [1.54, 1.807) is 24.3 Å². The number of para-hydroxylation sites is 1. The van der Waals surface area contributed by atoms with E-state index in [4.69, 9.17) is 17.0 Å². The van der Waals surface area contributed by atoms with Crippen LogP contribution in [-0.2, 0) is 0 Å². The highest BCUT2D eigenvalue weighted by molar-refractivity contribution is 7.80. The molecular formula is C19H22N2O2S. The highest BCUT2D eigenvalue weighted by Crippen LogP contribution is 2.15. The summed E-state index contributed by atoms with van der Waals surface area (Å²) in [5.74, 6) is 0.508. The van der Waals surface area contributed by atoms with Crippen LogP contribution in [0, 0.1) is 0 Å². The third-order valence-corrected chi connectivity index (χ3v) is 3.66. The molecule has 0 aliphatic rings. The van der Waals surface area contributed by atoms with Gasteiger partial charge in [-0.2, -0.15) is 0 Å². The van der Waals surface area contributed by atoms with Gasteiger partial charge in [-0.1, -0.05) is 18.2 Å². The second-order valence-corrected chi connectivity index (χ2v) is 5.92. The fourth-order valence-electron chi connectivity index (χ4n) is 2.25. The second-order valence-electron chi connectivity index (χ2n) is 5.53. The number of benzene rings is 2. The molecule has 0 aliphatic heterocycles. The zero-order chi connectivity index (χ0) is 17.5. The van der Waals surface area contributed by atoms with Gasteiger partial charge in [-0.15, -0.1) is 0 Å². The lowest BCUT2D eigenvalue weighted by Crippen LogP contribution is -2.42. The molecule has 0 spiro atoms. The average molecular weight is 342 g/mol. The Kier molecular flexibility index (Phi) is 6.32. The highest BCUT2D eigenvalue weighted by Gasteiger charge is 2.14. The van der Waals surface area contributed by atoms with Crippen molar-refractivity contribution in [2.24, 2.45) is 0 Å². The van der Waals surface area contributed by atoms with Crippen molar-refractivity contribution in [2.75, 3.05) is 11.4 Å². The van der Waals surface area contributed by atoms with E-state index in [1.807, 2.05) is 56.0 Å². The number of nitrogens with one attached hydrogen (secondary N) is 1. The minimum atomic E-state index is -0.231. The molecule has 0 aliphatic carbocycles. The topological polar surface area (TPSA) is 41.6 Å². The van der Waals surface area contributed by atoms with E-state index in [9.17, 15) is 4.79 Å². The highest BCUT2D eigenvalue weighted by atomic mass is 32.1. The molecule has 1 N–H and O–H groups in total. The predicted molar refractivity (Wildman–Crippen MR) is 102 cm³/mol. The largest absolute Gasteiger partial charge is 0.491 e. The van der Waals surface area contributed by atoms with E-state index in [2.05, 4.69) is 5.32 Å². The van der Waals surface area contributed by atoms with Gasteiger partial charge in [-0.05, 0) is 69.4 Å². The Balaban J connectivity index is 2.04. The summed E-state index contributed by atoms with van der Waals surface area (Å²) < 4.78 is 5.58. The lowest BCUT2D eigenvalue weighted by Gasteiger charge is -2.23. The van der Waals surface area contributed by atoms with Crippen molar-refractivity contribution in [1.82, 2.24) is 5.32 Å². The van der Waals surface area contributed by atoms with Crippen molar-refractivity contribution in [3.63, 3.8) is 0 Å². The summed E-state index contributed by atoms with van der Waals surface area (Å²) in [5.41, 5.74) is 1.49. The fraction of sp³-hybridized carbons (Fsp3) is 0.263. The molecule has 0 heterocycles. The van der Waals surface area contributed by atoms with E-state index in [1.165, 1.54) is 0 Å². The lowest BCUT2D eigenvalue weighted by atomic mass is 10.2. The van der Waals surface area contributed by atoms with Crippen LogP contribution in [0.15, 0.2) is 54.6 Å². The first-order valence-electron chi connectivity index (χ1n) is 7.96. The number of hydrogen-bond donors (Lipinski definition) is 1. The van der Waals surface area contributed by atoms with Gasteiger partial charge >= 0.3 is 0 Å². The van der Waals surface area contributed by atoms with Gasteiger partial charge in [0.05, 0.1) is 6.10 Å². The normalized spacial score (nSPS) is 10.3. The van der Waals surface area contributed by atoms with Gasteiger partial charge in [0.1, 0.15) is 5.75 Å². The Morgan fingerprint density at radius 3 is 2.29 bits per heavy atom. The van der Waals surface area contributed by atoms with Crippen molar-refractivity contribution in [2.45, 2.75) is 26.9 Å². The van der Waals surface area contributed by atoms with Crippen molar-refractivity contribution >= 4 is 28.9 Å². The van der Waals surface area contributed by atoms with E-state index in [-0.39, 0.29) is 12.0 Å². The van der Waals surface area contributed by atoms with Crippen LogP contribution in [0.3, 0.4) is 0 Å². The van der Waals surface area contributed by atoms with Crippen molar-refractivity contribution in [3.8, 4) is 5.75 Å². The minimum Gasteiger partial charge on any atom is -0.491 e. The van der Waals surface area contributed by atoms with Gasteiger partial charge in [0.25, 0.3) is 5.91 Å². The van der Waals surface area contributed by atoms with Crippen LogP contribution in [0.4, 0.5) is 5.69 Å². The average Bonchev–Trinajstić information content (AvgIpc) is 2.56. The summed E-state index contributed by atoms with van der Waals surface area (Å²) in [6.07, 6.45) is 0.0984. The molecule has 0 radical (unpaired) electrons. The molecule has 0 saturated carbocycles. The lowest BCUT2D eigenvalue weighted by molar-refractivity contribution is 0.0977. The third kappa shape index (κ3) is 4.80. The first-order chi connectivity index (χ1) is 11.5. The molecule has 1 amide bonds. The molecule has 5 heteroatoms. The molecule has 2 aromatic rings. The van der Waals surface area contributed by atoms with Crippen LogP contribution in [0.25, 0.3) is 0 Å². The summed E-state index contributed by atoms with van der Waals surface area (Å²) in [6, 6.07) is 16.8. The summed E-state index contributed by atoms with van der Waals surface area (Å²) in [5, 5.41) is 3.17. The first kappa shape index (κ1) is 17.9. The molecule has 0 unspecified atom stereocenters. The fourth-order valence-corrected chi connectivity index (χ4v) is 2.57. The Morgan fingerprint density at radius 2 is 1.75 bits per heavy atom. The maximum atomic E-state index is 12.4. The maximum Gasteiger partial charge on any atom is 0.257 e. The monoisotopic (exact) mass is 342 g/mol. The second kappa shape index (κ2) is 8.45. The van der Waals surface area contributed by atoms with Gasteiger partial charge in [0, 0.05) is 17.8 Å². The zero-order valence-electron chi connectivity index (χ0n) is 14.2. The molecule has 2 aromatic carbocycles. The zero-order valence-corrected chi connectivity index (χ0v) is 15.0. The van der Waals surface area contributed by atoms with Crippen LogP contribution < -0.4 is 15.0 Å². The Hall–Kier alpha value is -2.40. The number of rotatable bonds is 5. The number of nitrogens with zero attached hydrogens (tertiary/aromatic N) is 1. The number of hydrogen-bond acceptors (Lipinski definition) is 3. The maximum absolute atomic E-state index is 12.4. The molecule has 0 atom stereocenters. The molecule has 0 aromatic heterocycles. The number of anilines is 1. The van der Waals surface area contributed by atoms with Crippen LogP contribution >= 0.6 is 12.2 Å². The van der Waals surface area contributed by atoms with Gasteiger partial charge in [-0.25, -0.2) is 0 Å². The van der Waals surface area contributed by atoms with Crippen LogP contribution in [0.2, 0.25) is 0 Å². The molecule has 0 saturated heterocycles. The molecule has 4 nitrogen and oxygen atoms in total. The van der Waals surface area contributed by atoms with Gasteiger partial charge in [0.2, 0.25) is 0 Å². The van der Waals surface area contributed by atoms with Gasteiger partial charge in [-0.3, -0.25) is 10.1 Å². The predicted octanol–water partition coefficient (Wildman–Crippen LogP) is 4.02. The number of thiocarbonyl (C=S) groups is 1. The quantitative estimate of drug-likeness (QED) is 0.834. The van der Waals surface area contributed by atoms with Gasteiger partial charge < -0.3 is 9.64 Å². The van der Waals surface area contributed by atoms with Gasteiger partial charge in [0.15, 0.2) is 5.11 Å². The molecule has 126 valence electrons. The standard InChI is InChI=1S/C19H22N2O2S/c1-4-21(16-8-6-5-7-9-16)19(24)20-18(22)15-10-12-17(13-11-15)23-14(2)3/h5-14H,4H2,1-3H3,(H,20,22,24). The Labute approximate surface area is 148 Å². The number of carbonyl (C=O) groups excluding carboxylic acids is 1. The van der Waals surface area contributed by atoms with E-state index >= 15 is 0 Å². The summed E-state index contributed by atoms with van der Waals surface area (Å²) in [6.45, 7) is 6.58. The van der Waals surface area contributed by atoms with Crippen molar-refractivity contribution < 1.29 is 9.53 Å². The summed E-state index contributed by atoms with van der Waals surface area (Å²) in [4.78, 5) is 14.3. The van der Waals surface area contributed by atoms with E-state index in [0.717, 1.165) is 11.4 Å². The SMILES string of the molecule is CCN(C(=S)NC(=O)c1ccc(OC(C)C)cc1)c1ccccc1. The third-order valence-electron chi connectivity index (χ3n) is 3.34. The molecular weight excluding hydrogens is 320 g/mol. The van der Waals surface area contributed by atoms with E-state index < -0.39 is 0 Å². The van der Waals surface area contributed by atoms with E-state index in [0.29, 0.717) is 17.2 Å². The molecule has 0 fully saturated rings. The molecule has 0 bridgehead atoms. The number of ether oxygens (including phenoxy) is 1. The Morgan fingerprint density at radius 1 is 1.12 bits per heavy atom. The van der Waals surface area contributed by atoms with Crippen LogP contribution in [-0.4, -0.2) is 23.7 Å². The minimum absolute atomic E-state index is 0.0984. The van der Waals surface area contributed by atoms with Crippen molar-refractivity contribution in [1.29, 1.82) is 0 Å². The summed E-state index contributed by atoms with van der Waals surface area (Å²) in [7, 11) is 0. The first-order valence-corrected chi connectivity index (χ1v) is 8.36. The van der Waals surface area contributed by atoms with Crippen molar-refractivity contribution in [3.05, 3.63) is 60.2 Å². The van der Waals surface area contributed by atoms with Crippen LogP contribution in [0.1, 0.15) is 31.1 Å². The van der Waals surface area contributed by atoms with Crippen LogP contribution in [0.5, 0.6) is 5.75 Å². The number of amides is 1.